The molecule has 2 heterocycles. The molecule has 0 aromatic carbocycles. The number of carboxylic acids is 1. The fraction of sp³-hybridized carbons (Fsp3) is 0.154. The third kappa shape index (κ3) is 3.15. The highest BCUT2D eigenvalue weighted by molar-refractivity contribution is 5.86. The zero-order chi connectivity index (χ0) is 16.3. The molecule has 0 radical (unpaired) electrons. The first-order valence-electron chi connectivity index (χ1n) is 6.21. The quantitative estimate of drug-likeness (QED) is 0.521. The van der Waals surface area contributed by atoms with Gasteiger partial charge in [0.05, 0.1) is 30.4 Å². The molecule has 0 aliphatic heterocycles. The van der Waals surface area contributed by atoms with E-state index in [0.717, 1.165) is 0 Å². The van der Waals surface area contributed by atoms with Crippen LogP contribution in [0.15, 0.2) is 30.6 Å². The molecule has 0 aliphatic rings. The zero-order valence-corrected chi connectivity index (χ0v) is 12.1. The molecule has 0 amide bonds. The van der Waals surface area contributed by atoms with E-state index in [4.69, 9.17) is 21.4 Å². The van der Waals surface area contributed by atoms with Gasteiger partial charge in [0, 0.05) is 25.4 Å². The normalized spacial score (nSPS) is 11.3. The van der Waals surface area contributed by atoms with Crippen LogP contribution in [0.1, 0.15) is 16.2 Å². The highest BCUT2D eigenvalue weighted by Gasteiger charge is 2.16. The van der Waals surface area contributed by atoms with E-state index in [1.165, 1.54) is 35.3 Å². The van der Waals surface area contributed by atoms with Gasteiger partial charge >= 0.3 is 5.97 Å². The van der Waals surface area contributed by atoms with E-state index in [-0.39, 0.29) is 11.4 Å². The molecule has 22 heavy (non-hydrogen) atoms. The summed E-state index contributed by atoms with van der Waals surface area (Å²) in [7, 11) is 3.10. The van der Waals surface area contributed by atoms with Gasteiger partial charge in [0.25, 0.3) is 0 Å². The Hall–Kier alpha value is -3.07. The van der Waals surface area contributed by atoms with Crippen LogP contribution in [0.3, 0.4) is 0 Å². The van der Waals surface area contributed by atoms with Crippen molar-refractivity contribution in [1.29, 1.82) is 0 Å². The molecule has 9 nitrogen and oxygen atoms in total. The number of methoxy groups -OCH3 is 1. The second-order valence-electron chi connectivity index (χ2n) is 4.44. The van der Waals surface area contributed by atoms with E-state index < -0.39 is 5.97 Å². The Balaban J connectivity index is 2.54. The summed E-state index contributed by atoms with van der Waals surface area (Å²) in [6.45, 7) is 0. The lowest BCUT2D eigenvalue weighted by Gasteiger charge is -2.10. The zero-order valence-electron chi connectivity index (χ0n) is 12.1. The van der Waals surface area contributed by atoms with Gasteiger partial charge in [-0.25, -0.2) is 20.3 Å². The van der Waals surface area contributed by atoms with Crippen LogP contribution in [-0.4, -0.2) is 45.0 Å². The Morgan fingerprint density at radius 3 is 2.73 bits per heavy atom. The summed E-state index contributed by atoms with van der Waals surface area (Å²) < 4.78 is 6.36. The third-order valence-electron chi connectivity index (χ3n) is 2.74. The number of nitrogens with zero attached hydrogens (tertiary/aromatic N) is 4. The van der Waals surface area contributed by atoms with E-state index in [1.54, 1.807) is 19.2 Å². The summed E-state index contributed by atoms with van der Waals surface area (Å²) in [4.78, 5) is 15.2. The highest BCUT2D eigenvalue weighted by Crippen LogP contribution is 2.18. The van der Waals surface area contributed by atoms with Crippen molar-refractivity contribution < 1.29 is 14.6 Å². The van der Waals surface area contributed by atoms with Crippen molar-refractivity contribution in [3.63, 3.8) is 0 Å². The molecule has 2 rings (SSSR count). The lowest BCUT2D eigenvalue weighted by atomic mass is 10.3. The van der Waals surface area contributed by atoms with Crippen molar-refractivity contribution >= 4 is 11.7 Å². The van der Waals surface area contributed by atoms with Crippen LogP contribution in [0.5, 0.6) is 5.88 Å². The Kier molecular flexibility index (Phi) is 4.28. The van der Waals surface area contributed by atoms with Crippen LogP contribution in [0, 0.1) is 0 Å². The summed E-state index contributed by atoms with van der Waals surface area (Å²) >= 11 is 0. The van der Waals surface area contributed by atoms with Gasteiger partial charge in [0.1, 0.15) is 0 Å². The van der Waals surface area contributed by atoms with Gasteiger partial charge in [0.15, 0.2) is 5.69 Å². The Morgan fingerprint density at radius 1 is 1.50 bits per heavy atom. The number of aromatic nitrogens is 3. The van der Waals surface area contributed by atoms with E-state index in [1.807, 2.05) is 0 Å². The summed E-state index contributed by atoms with van der Waals surface area (Å²) in [5.41, 5.74) is 7.00. The van der Waals surface area contributed by atoms with Gasteiger partial charge in [-0.2, -0.15) is 5.10 Å². The second kappa shape index (κ2) is 6.14. The average molecular weight is 304 g/mol. The van der Waals surface area contributed by atoms with Crippen LogP contribution in [0.4, 0.5) is 0 Å². The largest absolute Gasteiger partial charge is 0.481 e. The van der Waals surface area contributed by atoms with E-state index in [2.05, 4.69) is 10.1 Å². The smallest absolute Gasteiger partial charge is 0.356 e. The maximum Gasteiger partial charge on any atom is 0.356 e. The molecule has 0 saturated heterocycles. The summed E-state index contributed by atoms with van der Waals surface area (Å²) in [6.07, 6.45) is 2.95. The maximum atomic E-state index is 11.1. The Labute approximate surface area is 126 Å². The predicted molar refractivity (Wildman–Crippen MR) is 79.0 cm³/mol. The second-order valence-corrected chi connectivity index (χ2v) is 4.44. The summed E-state index contributed by atoms with van der Waals surface area (Å²) in [6, 6.07) is 4.69. The number of pyridine rings is 1. The lowest BCUT2D eigenvalue weighted by molar-refractivity contribution is 0.0690. The topological polar surface area (TPSA) is 133 Å². The first-order valence-corrected chi connectivity index (χ1v) is 6.21. The molecule has 0 aliphatic carbocycles. The standard InChI is InChI=1S/C13H16N6O3/c1-18(15)7-9(14)11-5-10(13(20)21)17-19(11)8-3-4-12(22-2)16-6-8/h3-7H,14-15H2,1-2H3,(H,20,21)/b9-7-. The van der Waals surface area contributed by atoms with E-state index in [0.29, 0.717) is 17.3 Å². The van der Waals surface area contributed by atoms with E-state index >= 15 is 0 Å². The van der Waals surface area contributed by atoms with Gasteiger partial charge in [-0.1, -0.05) is 0 Å². The van der Waals surface area contributed by atoms with Crippen molar-refractivity contribution in [3.05, 3.63) is 42.0 Å². The number of hydrogen-bond donors (Lipinski definition) is 3. The van der Waals surface area contributed by atoms with Crippen LogP contribution >= 0.6 is 0 Å². The number of ether oxygens (including phenoxy) is 1. The molecule has 0 bridgehead atoms. The van der Waals surface area contributed by atoms with Crippen LogP contribution in [0.25, 0.3) is 11.4 Å². The van der Waals surface area contributed by atoms with Crippen LogP contribution in [-0.2, 0) is 0 Å². The Bertz CT molecular complexity index is 705. The third-order valence-corrected chi connectivity index (χ3v) is 2.74. The van der Waals surface area contributed by atoms with Gasteiger partial charge in [0.2, 0.25) is 5.88 Å². The van der Waals surface area contributed by atoms with Gasteiger partial charge in [-0.3, -0.25) is 0 Å². The molecular formula is C13H16N6O3. The van der Waals surface area contributed by atoms with Crippen molar-refractivity contribution in [2.45, 2.75) is 0 Å². The molecule has 0 spiro atoms. The molecular weight excluding hydrogens is 288 g/mol. The minimum atomic E-state index is -1.16. The molecule has 116 valence electrons. The summed E-state index contributed by atoms with van der Waals surface area (Å²) in [5, 5.41) is 14.4. The maximum absolute atomic E-state index is 11.1. The average Bonchev–Trinajstić information content (AvgIpc) is 2.92. The number of carboxylic acid groups (broad SMARTS) is 1. The number of rotatable bonds is 5. The monoisotopic (exact) mass is 304 g/mol. The number of hydrazine groups is 1. The van der Waals surface area contributed by atoms with Crippen LogP contribution in [0.2, 0.25) is 0 Å². The fourth-order valence-corrected chi connectivity index (χ4v) is 1.79. The van der Waals surface area contributed by atoms with Crippen molar-refractivity contribution in [1.82, 2.24) is 19.8 Å². The van der Waals surface area contributed by atoms with Gasteiger partial charge < -0.3 is 20.6 Å². The molecule has 0 unspecified atom stereocenters. The molecule has 2 aromatic heterocycles. The SMILES string of the molecule is COc1ccc(-n2nc(C(=O)O)cc2/C(N)=C/N(C)N)cn1. The van der Waals surface area contributed by atoms with Crippen molar-refractivity contribution in [2.24, 2.45) is 11.6 Å². The minimum Gasteiger partial charge on any atom is -0.481 e. The fourth-order valence-electron chi connectivity index (χ4n) is 1.79. The minimum absolute atomic E-state index is 0.137. The lowest BCUT2D eigenvalue weighted by Crippen LogP contribution is -2.21. The molecule has 0 saturated carbocycles. The number of nitrogens with two attached hydrogens (primary N) is 2. The first-order chi connectivity index (χ1) is 10.4. The first kappa shape index (κ1) is 15.3. The molecule has 9 heteroatoms. The van der Waals surface area contributed by atoms with Gasteiger partial charge in [-0.05, 0) is 6.07 Å². The van der Waals surface area contributed by atoms with Gasteiger partial charge in [-0.15, -0.1) is 0 Å². The number of hydrogen-bond acceptors (Lipinski definition) is 7. The molecule has 0 atom stereocenters. The molecule has 2 aromatic rings. The van der Waals surface area contributed by atoms with Crippen molar-refractivity contribution in [3.8, 4) is 11.6 Å². The Morgan fingerprint density at radius 2 is 2.23 bits per heavy atom. The predicted octanol–water partition coefficient (Wildman–Crippen LogP) is 0.0367. The van der Waals surface area contributed by atoms with Crippen molar-refractivity contribution in [2.75, 3.05) is 14.2 Å². The number of aromatic carboxylic acids is 1. The molecule has 5 N–H and O–H groups in total. The summed E-state index contributed by atoms with van der Waals surface area (Å²) in [5.74, 6) is 4.80. The van der Waals surface area contributed by atoms with E-state index in [9.17, 15) is 4.79 Å². The van der Waals surface area contributed by atoms with Crippen LogP contribution < -0.4 is 16.3 Å². The number of carbonyl (C=O) groups is 1. The molecule has 0 fully saturated rings. The highest BCUT2D eigenvalue weighted by atomic mass is 16.5.